The van der Waals surface area contributed by atoms with E-state index >= 15 is 0 Å². The highest BCUT2D eigenvalue weighted by molar-refractivity contribution is 6.07. The van der Waals surface area contributed by atoms with E-state index in [1.54, 1.807) is 30.9 Å². The number of para-hydroxylation sites is 2. The Hall–Kier alpha value is -3.68. The third-order valence-corrected chi connectivity index (χ3v) is 4.50. The van der Waals surface area contributed by atoms with Gasteiger partial charge >= 0.3 is 5.97 Å². The Morgan fingerprint density at radius 2 is 1.90 bits per heavy atom. The van der Waals surface area contributed by atoms with Crippen LogP contribution in [-0.2, 0) is 14.3 Å². The zero-order valence-corrected chi connectivity index (χ0v) is 16.1. The van der Waals surface area contributed by atoms with E-state index in [-0.39, 0.29) is 24.7 Å². The summed E-state index contributed by atoms with van der Waals surface area (Å²) >= 11 is 0. The molecule has 2 aromatic rings. The number of fused-ring (bicyclic) bond motifs is 1. The molecule has 0 radical (unpaired) electrons. The summed E-state index contributed by atoms with van der Waals surface area (Å²) in [6, 6.07) is 13.3. The predicted molar refractivity (Wildman–Crippen MR) is 110 cm³/mol. The quantitative estimate of drug-likeness (QED) is 0.348. The Morgan fingerprint density at radius 3 is 2.59 bits per heavy atom. The average molecular weight is 395 g/mol. The molecule has 0 aromatic heterocycles. The molecule has 0 saturated carbocycles. The van der Waals surface area contributed by atoms with Crippen LogP contribution in [0.25, 0.3) is 6.08 Å². The number of anilines is 2. The van der Waals surface area contributed by atoms with E-state index in [0.717, 1.165) is 11.4 Å². The Kier molecular flexibility index (Phi) is 5.63. The third-order valence-electron chi connectivity index (χ3n) is 4.50. The monoisotopic (exact) mass is 395 g/mol. The van der Waals surface area contributed by atoms with E-state index in [9.17, 15) is 19.7 Å². The average Bonchev–Trinajstić information content (AvgIpc) is 2.69. The van der Waals surface area contributed by atoms with E-state index in [2.05, 4.69) is 5.32 Å². The summed E-state index contributed by atoms with van der Waals surface area (Å²) in [5, 5.41) is 13.9. The second kappa shape index (κ2) is 8.14. The highest BCUT2D eigenvalue weighted by atomic mass is 16.6. The van der Waals surface area contributed by atoms with Crippen LogP contribution in [0.2, 0.25) is 0 Å². The molecular weight excluding hydrogens is 374 g/mol. The zero-order chi connectivity index (χ0) is 21.0. The summed E-state index contributed by atoms with van der Waals surface area (Å²) in [6.45, 7) is 3.88. The fourth-order valence-electron chi connectivity index (χ4n) is 3.03. The van der Waals surface area contributed by atoms with Crippen LogP contribution in [0.15, 0.2) is 54.6 Å². The van der Waals surface area contributed by atoms with Gasteiger partial charge in [0.25, 0.3) is 11.6 Å². The molecule has 0 atom stereocenters. The van der Waals surface area contributed by atoms with E-state index in [1.165, 1.54) is 24.3 Å². The highest BCUT2D eigenvalue weighted by Crippen LogP contribution is 2.34. The van der Waals surface area contributed by atoms with Gasteiger partial charge in [-0.25, -0.2) is 4.79 Å². The first-order chi connectivity index (χ1) is 13.8. The molecule has 8 heteroatoms. The van der Waals surface area contributed by atoms with E-state index in [4.69, 9.17) is 4.74 Å². The maximum atomic E-state index is 12.7. The number of rotatable bonds is 6. The van der Waals surface area contributed by atoms with Gasteiger partial charge in [-0.15, -0.1) is 0 Å². The Balaban J connectivity index is 1.58. The van der Waals surface area contributed by atoms with Crippen molar-refractivity contribution in [3.63, 3.8) is 0 Å². The zero-order valence-electron chi connectivity index (χ0n) is 16.1. The molecule has 0 aliphatic carbocycles. The predicted octanol–water partition coefficient (Wildman–Crippen LogP) is 3.39. The lowest BCUT2D eigenvalue weighted by atomic mass is 9.98. The lowest BCUT2D eigenvalue weighted by Gasteiger charge is -2.39. The van der Waals surface area contributed by atoms with Crippen molar-refractivity contribution in [2.45, 2.75) is 19.4 Å². The molecule has 1 amide bonds. The summed E-state index contributed by atoms with van der Waals surface area (Å²) in [5.74, 6) is -0.660. The maximum absolute atomic E-state index is 12.7. The van der Waals surface area contributed by atoms with Gasteiger partial charge in [0.2, 0.25) is 0 Å². The number of hydrogen-bond acceptors (Lipinski definition) is 6. The van der Waals surface area contributed by atoms with Crippen LogP contribution in [0.4, 0.5) is 17.1 Å². The summed E-state index contributed by atoms with van der Waals surface area (Å²) in [6.07, 6.45) is 2.76. The van der Waals surface area contributed by atoms with Gasteiger partial charge in [0.1, 0.15) is 12.1 Å². The van der Waals surface area contributed by atoms with Gasteiger partial charge < -0.3 is 15.0 Å². The maximum Gasteiger partial charge on any atom is 0.330 e. The van der Waals surface area contributed by atoms with Crippen molar-refractivity contribution in [3.8, 4) is 0 Å². The first-order valence-electron chi connectivity index (χ1n) is 9.06. The van der Waals surface area contributed by atoms with Crippen molar-refractivity contribution in [2.75, 3.05) is 23.4 Å². The van der Waals surface area contributed by atoms with E-state index in [0.29, 0.717) is 5.56 Å². The van der Waals surface area contributed by atoms with Gasteiger partial charge in [0.15, 0.2) is 0 Å². The minimum absolute atomic E-state index is 0.0198. The van der Waals surface area contributed by atoms with Crippen LogP contribution in [-0.4, -0.2) is 35.5 Å². The highest BCUT2D eigenvalue weighted by Gasteiger charge is 2.38. The summed E-state index contributed by atoms with van der Waals surface area (Å²) < 4.78 is 5.21. The molecule has 0 bridgehead atoms. The van der Waals surface area contributed by atoms with Gasteiger partial charge in [-0.3, -0.25) is 14.9 Å². The molecule has 0 unspecified atom stereocenters. The number of amides is 1. The van der Waals surface area contributed by atoms with Crippen molar-refractivity contribution in [3.05, 3.63) is 70.3 Å². The molecular formula is C21H21N3O5. The topological polar surface area (TPSA) is 102 Å². The molecule has 1 aliphatic rings. The smallest absolute Gasteiger partial charge is 0.330 e. The van der Waals surface area contributed by atoms with Crippen molar-refractivity contribution in [1.82, 2.24) is 0 Å². The molecule has 150 valence electrons. The first-order valence-corrected chi connectivity index (χ1v) is 9.06. The summed E-state index contributed by atoms with van der Waals surface area (Å²) in [7, 11) is 0. The van der Waals surface area contributed by atoms with Gasteiger partial charge in [0.05, 0.1) is 22.8 Å². The number of nitro groups is 1. The lowest BCUT2D eigenvalue weighted by Crippen LogP contribution is -2.54. The number of non-ortho nitro benzene ring substituents is 1. The molecule has 1 aliphatic heterocycles. The number of nitrogens with zero attached hydrogens (tertiary/aromatic N) is 2. The fraction of sp³-hybridized carbons (Fsp3) is 0.238. The summed E-state index contributed by atoms with van der Waals surface area (Å²) in [5.41, 5.74) is 1.46. The van der Waals surface area contributed by atoms with Crippen LogP contribution in [0.1, 0.15) is 19.4 Å². The van der Waals surface area contributed by atoms with Crippen molar-refractivity contribution < 1.29 is 19.2 Å². The first kappa shape index (κ1) is 20.1. The molecule has 1 heterocycles. The molecule has 1 N–H and O–H groups in total. The molecule has 3 rings (SSSR count). The molecule has 0 spiro atoms. The number of ether oxygens (including phenoxy) is 1. The van der Waals surface area contributed by atoms with Gasteiger partial charge in [-0.2, -0.15) is 0 Å². The largest absolute Gasteiger partial charge is 0.461 e. The van der Waals surface area contributed by atoms with Crippen LogP contribution < -0.4 is 10.2 Å². The fourth-order valence-corrected chi connectivity index (χ4v) is 3.03. The standard InChI is InChI=1S/C21H21N3O5/c1-21(2)20(26)23(18-6-4-3-5-17(18)22-21)13-14-29-19(25)12-9-15-7-10-16(11-8-15)24(27)28/h3-12,22H,13-14H2,1-2H3/b12-9+. The number of hydrogen-bond donors (Lipinski definition) is 1. The van der Waals surface area contributed by atoms with Gasteiger partial charge in [-0.05, 0) is 49.8 Å². The van der Waals surface area contributed by atoms with Crippen molar-refractivity contribution in [2.24, 2.45) is 0 Å². The second-order valence-corrected chi connectivity index (χ2v) is 7.07. The summed E-state index contributed by atoms with van der Waals surface area (Å²) in [4.78, 5) is 36.5. The van der Waals surface area contributed by atoms with Crippen LogP contribution >= 0.6 is 0 Å². The SMILES string of the molecule is CC1(C)Nc2ccccc2N(CCOC(=O)/C=C/c2ccc([N+](=O)[O-])cc2)C1=O. The minimum Gasteiger partial charge on any atom is -0.461 e. The molecule has 8 nitrogen and oxygen atoms in total. The lowest BCUT2D eigenvalue weighted by molar-refractivity contribution is -0.384. The molecule has 0 fully saturated rings. The van der Waals surface area contributed by atoms with Gasteiger partial charge in [0, 0.05) is 18.2 Å². The van der Waals surface area contributed by atoms with Crippen LogP contribution in [0.3, 0.4) is 0 Å². The molecule has 29 heavy (non-hydrogen) atoms. The normalized spacial score (nSPS) is 15.0. The minimum atomic E-state index is -0.756. The number of nitrogens with one attached hydrogen (secondary N) is 1. The van der Waals surface area contributed by atoms with Crippen molar-refractivity contribution >= 4 is 35.0 Å². The number of benzene rings is 2. The number of nitro benzene ring substituents is 1. The van der Waals surface area contributed by atoms with Crippen LogP contribution in [0, 0.1) is 10.1 Å². The molecule has 2 aromatic carbocycles. The Morgan fingerprint density at radius 1 is 1.21 bits per heavy atom. The second-order valence-electron chi connectivity index (χ2n) is 7.07. The Bertz CT molecular complexity index is 967. The number of carbonyl (C=O) groups is 2. The molecule has 0 saturated heterocycles. The third kappa shape index (κ3) is 4.60. The van der Waals surface area contributed by atoms with E-state index < -0.39 is 16.4 Å². The number of esters is 1. The Labute approximate surface area is 167 Å². The van der Waals surface area contributed by atoms with E-state index in [1.807, 2.05) is 24.3 Å². The van der Waals surface area contributed by atoms with Crippen LogP contribution in [0.5, 0.6) is 0 Å². The number of carbonyl (C=O) groups excluding carboxylic acids is 2. The van der Waals surface area contributed by atoms with Crippen molar-refractivity contribution in [1.29, 1.82) is 0 Å². The van der Waals surface area contributed by atoms with Gasteiger partial charge in [-0.1, -0.05) is 12.1 Å².